The molecular formula is C40H26N4. The van der Waals surface area contributed by atoms with Gasteiger partial charge in [-0.2, -0.15) is 0 Å². The van der Waals surface area contributed by atoms with Gasteiger partial charge in [0.2, 0.25) is 0 Å². The van der Waals surface area contributed by atoms with E-state index in [0.717, 1.165) is 72.4 Å². The molecule has 0 aliphatic carbocycles. The fourth-order valence-electron chi connectivity index (χ4n) is 6.00. The van der Waals surface area contributed by atoms with E-state index < -0.39 is 0 Å². The minimum Gasteiger partial charge on any atom is -0.255 e. The molecule has 206 valence electrons. The lowest BCUT2D eigenvalue weighted by atomic mass is 9.87. The summed E-state index contributed by atoms with van der Waals surface area (Å²) in [5.41, 5.74) is 9.69. The molecule has 44 heavy (non-hydrogen) atoms. The quantitative estimate of drug-likeness (QED) is 0.196. The number of fused-ring (bicyclic) bond motifs is 2. The molecule has 0 spiro atoms. The van der Waals surface area contributed by atoms with Crippen molar-refractivity contribution in [1.82, 2.24) is 19.9 Å². The van der Waals surface area contributed by atoms with E-state index in [4.69, 9.17) is 9.97 Å². The minimum atomic E-state index is 0.841. The Morgan fingerprint density at radius 3 is 1.34 bits per heavy atom. The maximum absolute atomic E-state index is 5.19. The lowest BCUT2D eigenvalue weighted by molar-refractivity contribution is 1.25. The maximum Gasteiger partial charge on any atom is 0.0893 e. The van der Waals surface area contributed by atoms with Gasteiger partial charge in [0.1, 0.15) is 0 Å². The van der Waals surface area contributed by atoms with Crippen LogP contribution in [0.5, 0.6) is 0 Å². The first-order valence-electron chi connectivity index (χ1n) is 14.6. The molecule has 0 atom stereocenters. The van der Waals surface area contributed by atoms with Crippen molar-refractivity contribution in [3.63, 3.8) is 0 Å². The monoisotopic (exact) mass is 562 g/mol. The number of hydrogen-bond acceptors (Lipinski definition) is 4. The molecule has 0 unspecified atom stereocenters. The van der Waals surface area contributed by atoms with E-state index in [1.165, 1.54) is 5.56 Å². The van der Waals surface area contributed by atoms with E-state index in [2.05, 4.69) is 107 Å². The molecule has 4 heterocycles. The van der Waals surface area contributed by atoms with Crippen LogP contribution in [0, 0.1) is 0 Å². The Morgan fingerprint density at radius 2 is 0.773 bits per heavy atom. The Balaban J connectivity index is 1.45. The third-order valence-corrected chi connectivity index (χ3v) is 8.00. The van der Waals surface area contributed by atoms with E-state index in [0.29, 0.717) is 0 Å². The molecule has 0 aliphatic heterocycles. The van der Waals surface area contributed by atoms with Crippen LogP contribution >= 0.6 is 0 Å². The summed E-state index contributed by atoms with van der Waals surface area (Å²) in [4.78, 5) is 19.5. The van der Waals surface area contributed by atoms with E-state index in [-0.39, 0.29) is 0 Å². The van der Waals surface area contributed by atoms with Crippen LogP contribution in [0.1, 0.15) is 0 Å². The van der Waals surface area contributed by atoms with E-state index in [1.807, 2.05) is 54.7 Å². The summed E-state index contributed by atoms with van der Waals surface area (Å²) in [5.74, 6) is 0. The van der Waals surface area contributed by atoms with Crippen LogP contribution < -0.4 is 0 Å². The van der Waals surface area contributed by atoms with E-state index >= 15 is 0 Å². The molecule has 0 saturated heterocycles. The molecule has 8 rings (SSSR count). The Hall–Kier alpha value is -6.00. The highest BCUT2D eigenvalue weighted by atomic mass is 14.8. The van der Waals surface area contributed by atoms with Crippen LogP contribution in [0.2, 0.25) is 0 Å². The molecule has 0 radical (unpaired) electrons. The fraction of sp³-hybridized carbons (Fsp3) is 0. The highest BCUT2D eigenvalue weighted by Gasteiger charge is 2.20. The number of rotatable bonds is 5. The van der Waals surface area contributed by atoms with Crippen LogP contribution in [0.25, 0.3) is 78.0 Å². The molecule has 8 aromatic rings. The van der Waals surface area contributed by atoms with Crippen LogP contribution in [-0.2, 0) is 0 Å². The molecule has 4 nitrogen and oxygen atoms in total. The molecule has 4 aromatic heterocycles. The summed E-state index contributed by atoms with van der Waals surface area (Å²) < 4.78 is 0. The van der Waals surface area contributed by atoms with Crippen molar-refractivity contribution >= 4 is 21.5 Å². The highest BCUT2D eigenvalue weighted by molar-refractivity contribution is 6.21. The molecule has 0 aliphatic rings. The first-order chi connectivity index (χ1) is 21.8. The van der Waals surface area contributed by atoms with Gasteiger partial charge >= 0.3 is 0 Å². The van der Waals surface area contributed by atoms with Crippen molar-refractivity contribution < 1.29 is 0 Å². The number of pyridine rings is 4. The molecule has 0 saturated carbocycles. The zero-order valence-corrected chi connectivity index (χ0v) is 23.8. The Labute approximate surface area is 255 Å². The molecule has 4 heteroatoms. The second kappa shape index (κ2) is 11.0. The Kier molecular flexibility index (Phi) is 6.43. The van der Waals surface area contributed by atoms with Gasteiger partial charge in [0, 0.05) is 23.5 Å². The SMILES string of the molecule is c1ccc(-c2ccc3c(-c4cccc(-c5ccccn5)n4)c4ccccc4c(-c4cccc(-c5ccccn5)n4)c3c2)cc1. The molecule has 0 amide bonds. The van der Waals surface area contributed by atoms with Gasteiger partial charge in [-0.1, -0.05) is 91.0 Å². The zero-order valence-electron chi connectivity index (χ0n) is 23.8. The standard InChI is InChI=1S/C40H26N4/c1-2-12-27(13-3-1)28-22-23-31-32(26-28)40(38-21-11-19-36(44-38)34-17-7-9-25-42-34)30-15-5-4-14-29(30)39(31)37-20-10-18-35(43-37)33-16-6-8-24-41-33/h1-26H. The van der Waals surface area contributed by atoms with Crippen molar-refractivity contribution in [3.05, 3.63) is 158 Å². The average Bonchev–Trinajstić information content (AvgIpc) is 3.11. The summed E-state index contributed by atoms with van der Waals surface area (Å²) in [6.07, 6.45) is 3.61. The van der Waals surface area contributed by atoms with Gasteiger partial charge < -0.3 is 0 Å². The van der Waals surface area contributed by atoms with Gasteiger partial charge in [0.05, 0.1) is 34.2 Å². The normalized spacial score (nSPS) is 11.2. The number of aromatic nitrogens is 4. The first kappa shape index (κ1) is 25.7. The Bertz CT molecular complexity index is 2260. The summed E-state index contributed by atoms with van der Waals surface area (Å²) in [6, 6.07) is 50.1. The predicted octanol–water partition coefficient (Wildman–Crippen LogP) is 9.91. The summed E-state index contributed by atoms with van der Waals surface area (Å²) in [6.45, 7) is 0. The van der Waals surface area contributed by atoms with E-state index in [1.54, 1.807) is 6.20 Å². The van der Waals surface area contributed by atoms with Crippen molar-refractivity contribution in [2.45, 2.75) is 0 Å². The highest BCUT2D eigenvalue weighted by Crippen LogP contribution is 2.44. The maximum atomic E-state index is 5.19. The second-order valence-corrected chi connectivity index (χ2v) is 10.7. The van der Waals surface area contributed by atoms with Crippen LogP contribution in [-0.4, -0.2) is 19.9 Å². The molecule has 4 aromatic carbocycles. The number of benzene rings is 4. The van der Waals surface area contributed by atoms with Crippen molar-refractivity contribution in [3.8, 4) is 56.4 Å². The van der Waals surface area contributed by atoms with Crippen molar-refractivity contribution in [2.24, 2.45) is 0 Å². The second-order valence-electron chi connectivity index (χ2n) is 10.7. The van der Waals surface area contributed by atoms with Gasteiger partial charge in [-0.05, 0) is 87.3 Å². The molecular weight excluding hydrogens is 536 g/mol. The lowest BCUT2D eigenvalue weighted by Gasteiger charge is -2.18. The van der Waals surface area contributed by atoms with Crippen LogP contribution in [0.4, 0.5) is 0 Å². The number of hydrogen-bond donors (Lipinski definition) is 0. The van der Waals surface area contributed by atoms with Crippen LogP contribution in [0.3, 0.4) is 0 Å². The lowest BCUT2D eigenvalue weighted by Crippen LogP contribution is -1.96. The molecule has 0 fully saturated rings. The van der Waals surface area contributed by atoms with Gasteiger partial charge in [0.25, 0.3) is 0 Å². The summed E-state index contributed by atoms with van der Waals surface area (Å²) in [5, 5.41) is 4.49. The largest absolute Gasteiger partial charge is 0.255 e. The third-order valence-electron chi connectivity index (χ3n) is 8.00. The number of nitrogens with zero attached hydrogens (tertiary/aromatic N) is 4. The minimum absolute atomic E-state index is 0.841. The van der Waals surface area contributed by atoms with Gasteiger partial charge in [0.15, 0.2) is 0 Å². The predicted molar refractivity (Wildman–Crippen MR) is 180 cm³/mol. The van der Waals surface area contributed by atoms with Gasteiger partial charge in [-0.15, -0.1) is 0 Å². The average molecular weight is 563 g/mol. The van der Waals surface area contributed by atoms with Crippen LogP contribution in [0.15, 0.2) is 158 Å². The fourth-order valence-corrected chi connectivity index (χ4v) is 6.00. The zero-order chi connectivity index (χ0) is 29.3. The molecule has 0 bridgehead atoms. The van der Waals surface area contributed by atoms with Crippen molar-refractivity contribution in [2.75, 3.05) is 0 Å². The summed E-state index contributed by atoms with van der Waals surface area (Å²) in [7, 11) is 0. The van der Waals surface area contributed by atoms with E-state index in [9.17, 15) is 0 Å². The first-order valence-corrected chi connectivity index (χ1v) is 14.6. The smallest absolute Gasteiger partial charge is 0.0893 e. The molecule has 0 N–H and O–H groups in total. The third kappa shape index (κ3) is 4.59. The topological polar surface area (TPSA) is 51.6 Å². The van der Waals surface area contributed by atoms with Gasteiger partial charge in [-0.25, -0.2) is 9.97 Å². The van der Waals surface area contributed by atoms with Gasteiger partial charge in [-0.3, -0.25) is 9.97 Å². The van der Waals surface area contributed by atoms with Crippen molar-refractivity contribution in [1.29, 1.82) is 0 Å². The summed E-state index contributed by atoms with van der Waals surface area (Å²) >= 11 is 0. The Morgan fingerprint density at radius 1 is 0.295 bits per heavy atom.